The van der Waals surface area contributed by atoms with Gasteiger partial charge in [0.15, 0.2) is 0 Å². The minimum Gasteiger partial charge on any atom is -0.494 e. The third kappa shape index (κ3) is 2.23. The maximum atomic E-state index is 5.63. The molecule has 4 heteroatoms. The lowest BCUT2D eigenvalue weighted by molar-refractivity contribution is 0.340. The van der Waals surface area contributed by atoms with Crippen LogP contribution in [-0.4, -0.2) is 11.6 Å². The van der Waals surface area contributed by atoms with E-state index in [2.05, 4.69) is 4.98 Å². The molecule has 0 aliphatic heterocycles. The van der Waals surface area contributed by atoms with Crippen molar-refractivity contribution in [3.8, 4) is 16.2 Å². The van der Waals surface area contributed by atoms with Crippen molar-refractivity contribution in [2.45, 2.75) is 13.5 Å². The first-order chi connectivity index (χ1) is 7.85. The normalized spacial score (nSPS) is 10.4. The molecule has 3 nitrogen and oxygen atoms in total. The summed E-state index contributed by atoms with van der Waals surface area (Å²) in [6, 6.07) is 8.02. The molecule has 84 valence electrons. The molecule has 0 bridgehead atoms. The topological polar surface area (TPSA) is 48.1 Å². The Kier molecular flexibility index (Phi) is 3.54. The Hall–Kier alpha value is -1.39. The smallest absolute Gasteiger partial charge is 0.119 e. The second-order valence-electron chi connectivity index (χ2n) is 3.29. The van der Waals surface area contributed by atoms with Crippen LogP contribution in [0.4, 0.5) is 0 Å². The summed E-state index contributed by atoms with van der Waals surface area (Å²) in [5.74, 6) is 0.894. The highest BCUT2D eigenvalue weighted by Gasteiger charge is 2.06. The number of rotatable bonds is 4. The molecule has 1 heterocycles. The summed E-state index contributed by atoms with van der Waals surface area (Å²) >= 11 is 1.61. The molecular formula is C12H14N2OS. The quantitative estimate of drug-likeness (QED) is 0.884. The second-order valence-corrected chi connectivity index (χ2v) is 4.14. The van der Waals surface area contributed by atoms with Crippen molar-refractivity contribution >= 4 is 11.3 Å². The molecule has 2 rings (SSSR count). The first kappa shape index (κ1) is 11.1. The molecule has 1 aromatic carbocycles. The fourth-order valence-electron chi connectivity index (χ4n) is 1.52. The van der Waals surface area contributed by atoms with Gasteiger partial charge in [-0.3, -0.25) is 0 Å². The summed E-state index contributed by atoms with van der Waals surface area (Å²) in [5.41, 5.74) is 9.55. The van der Waals surface area contributed by atoms with Gasteiger partial charge in [-0.1, -0.05) is 0 Å². The van der Waals surface area contributed by atoms with Crippen LogP contribution in [0.1, 0.15) is 12.6 Å². The number of nitrogens with zero attached hydrogens (tertiary/aromatic N) is 1. The molecule has 0 saturated carbocycles. The molecule has 0 spiro atoms. The monoisotopic (exact) mass is 234 g/mol. The fourth-order valence-corrected chi connectivity index (χ4v) is 2.35. The zero-order valence-corrected chi connectivity index (χ0v) is 9.96. The van der Waals surface area contributed by atoms with E-state index in [4.69, 9.17) is 10.5 Å². The number of hydrogen-bond acceptors (Lipinski definition) is 4. The van der Waals surface area contributed by atoms with Gasteiger partial charge < -0.3 is 10.5 Å². The van der Waals surface area contributed by atoms with Crippen LogP contribution >= 0.6 is 11.3 Å². The molecule has 0 atom stereocenters. The predicted octanol–water partition coefficient (Wildman–Crippen LogP) is 2.67. The van der Waals surface area contributed by atoms with Crippen molar-refractivity contribution < 1.29 is 4.74 Å². The molecule has 0 amide bonds. The zero-order chi connectivity index (χ0) is 11.4. The molecule has 0 radical (unpaired) electrons. The molecule has 1 aromatic heterocycles. The van der Waals surface area contributed by atoms with Crippen LogP contribution in [0, 0.1) is 0 Å². The number of nitrogens with two attached hydrogens (primary N) is 1. The van der Waals surface area contributed by atoms with Gasteiger partial charge in [0.2, 0.25) is 0 Å². The maximum absolute atomic E-state index is 5.63. The Morgan fingerprint density at radius 2 is 2.06 bits per heavy atom. The van der Waals surface area contributed by atoms with E-state index in [0.29, 0.717) is 13.2 Å². The Balaban J connectivity index is 2.27. The first-order valence-electron chi connectivity index (χ1n) is 5.20. The van der Waals surface area contributed by atoms with Gasteiger partial charge in [0, 0.05) is 6.54 Å². The molecule has 0 saturated heterocycles. The van der Waals surface area contributed by atoms with E-state index in [-0.39, 0.29) is 0 Å². The van der Waals surface area contributed by atoms with Crippen molar-refractivity contribution in [3.63, 3.8) is 0 Å². The summed E-state index contributed by atoms with van der Waals surface area (Å²) in [4.78, 5) is 5.38. The molecule has 2 aromatic rings. The Labute approximate surface area is 98.9 Å². The number of ether oxygens (including phenoxy) is 1. The fraction of sp³-hybridized carbons (Fsp3) is 0.250. The van der Waals surface area contributed by atoms with Crippen LogP contribution in [0.3, 0.4) is 0 Å². The van der Waals surface area contributed by atoms with Gasteiger partial charge in [0.25, 0.3) is 0 Å². The lowest BCUT2D eigenvalue weighted by atomic mass is 10.1. The lowest BCUT2D eigenvalue weighted by Crippen LogP contribution is -1.97. The van der Waals surface area contributed by atoms with E-state index in [1.165, 1.54) is 0 Å². The maximum Gasteiger partial charge on any atom is 0.119 e. The predicted molar refractivity (Wildman–Crippen MR) is 66.6 cm³/mol. The number of thiazole rings is 1. The van der Waals surface area contributed by atoms with Crippen LogP contribution < -0.4 is 10.5 Å². The van der Waals surface area contributed by atoms with E-state index in [9.17, 15) is 0 Å². The number of benzene rings is 1. The average Bonchev–Trinajstić information content (AvgIpc) is 2.78. The Bertz CT molecular complexity index is 450. The third-order valence-corrected chi connectivity index (χ3v) is 3.18. The SMILES string of the molecule is CCOc1ccc(-c2scnc2CN)cc1. The molecule has 2 N–H and O–H groups in total. The van der Waals surface area contributed by atoms with Crippen LogP contribution in [0.2, 0.25) is 0 Å². The van der Waals surface area contributed by atoms with Gasteiger partial charge in [-0.15, -0.1) is 11.3 Å². The highest BCUT2D eigenvalue weighted by Crippen LogP contribution is 2.28. The van der Waals surface area contributed by atoms with Crippen molar-refractivity contribution in [3.05, 3.63) is 35.5 Å². The Morgan fingerprint density at radius 1 is 1.31 bits per heavy atom. The highest BCUT2D eigenvalue weighted by atomic mass is 32.1. The summed E-state index contributed by atoms with van der Waals surface area (Å²) in [6.45, 7) is 3.14. The number of hydrogen-bond donors (Lipinski definition) is 1. The van der Waals surface area contributed by atoms with Crippen molar-refractivity contribution in [1.29, 1.82) is 0 Å². The molecule has 0 fully saturated rings. The molecule has 0 aliphatic rings. The van der Waals surface area contributed by atoms with Crippen LogP contribution in [0.15, 0.2) is 29.8 Å². The lowest BCUT2D eigenvalue weighted by Gasteiger charge is -2.04. The van der Waals surface area contributed by atoms with Crippen molar-refractivity contribution in [2.75, 3.05) is 6.61 Å². The van der Waals surface area contributed by atoms with Crippen molar-refractivity contribution in [2.24, 2.45) is 5.73 Å². The van der Waals surface area contributed by atoms with E-state index < -0.39 is 0 Å². The van der Waals surface area contributed by atoms with Crippen LogP contribution in [0.25, 0.3) is 10.4 Å². The Morgan fingerprint density at radius 3 is 2.69 bits per heavy atom. The van der Waals surface area contributed by atoms with Gasteiger partial charge in [-0.25, -0.2) is 4.98 Å². The first-order valence-corrected chi connectivity index (χ1v) is 6.08. The van der Waals surface area contributed by atoms with E-state index >= 15 is 0 Å². The van der Waals surface area contributed by atoms with Crippen molar-refractivity contribution in [1.82, 2.24) is 4.98 Å². The minimum atomic E-state index is 0.478. The molecular weight excluding hydrogens is 220 g/mol. The highest BCUT2D eigenvalue weighted by molar-refractivity contribution is 7.13. The number of aromatic nitrogens is 1. The summed E-state index contributed by atoms with van der Waals surface area (Å²) in [5, 5.41) is 0. The zero-order valence-electron chi connectivity index (χ0n) is 9.14. The summed E-state index contributed by atoms with van der Waals surface area (Å²) in [7, 11) is 0. The molecule has 16 heavy (non-hydrogen) atoms. The molecule has 0 aliphatic carbocycles. The van der Waals surface area contributed by atoms with Gasteiger partial charge in [-0.05, 0) is 36.8 Å². The second kappa shape index (κ2) is 5.09. The van der Waals surface area contributed by atoms with E-state index in [1.54, 1.807) is 11.3 Å². The van der Waals surface area contributed by atoms with Crippen LogP contribution in [-0.2, 0) is 6.54 Å². The van der Waals surface area contributed by atoms with Gasteiger partial charge in [0.1, 0.15) is 5.75 Å². The van der Waals surface area contributed by atoms with Gasteiger partial charge >= 0.3 is 0 Å². The van der Waals surface area contributed by atoms with E-state index in [0.717, 1.165) is 21.9 Å². The summed E-state index contributed by atoms with van der Waals surface area (Å²) in [6.07, 6.45) is 0. The summed E-state index contributed by atoms with van der Waals surface area (Å²) < 4.78 is 5.40. The van der Waals surface area contributed by atoms with Gasteiger partial charge in [-0.2, -0.15) is 0 Å². The average molecular weight is 234 g/mol. The van der Waals surface area contributed by atoms with E-state index in [1.807, 2.05) is 36.7 Å². The van der Waals surface area contributed by atoms with Gasteiger partial charge in [0.05, 0.1) is 22.7 Å². The minimum absolute atomic E-state index is 0.478. The van der Waals surface area contributed by atoms with Crippen LogP contribution in [0.5, 0.6) is 5.75 Å². The molecule has 0 unspecified atom stereocenters. The third-order valence-electron chi connectivity index (χ3n) is 2.26. The standard InChI is InChI=1S/C12H14N2OS/c1-2-15-10-5-3-9(4-6-10)12-11(7-13)14-8-16-12/h3-6,8H,2,7,13H2,1H3. The largest absolute Gasteiger partial charge is 0.494 e.